The average Bonchev–Trinajstić information content (AvgIpc) is 2.39. The average molecular weight is 274 g/mol. The van der Waals surface area contributed by atoms with Gasteiger partial charge in [0, 0.05) is 18.2 Å². The van der Waals surface area contributed by atoms with E-state index < -0.39 is 0 Å². The van der Waals surface area contributed by atoms with Gasteiger partial charge in [0.15, 0.2) is 0 Å². The lowest BCUT2D eigenvalue weighted by molar-refractivity contribution is 0.445. The van der Waals surface area contributed by atoms with Crippen LogP contribution < -0.4 is 10.1 Å². The maximum Gasteiger partial charge on any atom is 0.223 e. The number of aromatic nitrogens is 1. The third kappa shape index (κ3) is 4.03. The quantitative estimate of drug-likeness (QED) is 0.900. The van der Waals surface area contributed by atoms with Gasteiger partial charge in [-0.25, -0.2) is 9.37 Å². The first-order chi connectivity index (χ1) is 9.54. The number of hydrogen-bond donors (Lipinski definition) is 1. The van der Waals surface area contributed by atoms with Gasteiger partial charge in [-0.3, -0.25) is 0 Å². The lowest BCUT2D eigenvalue weighted by atomic mass is 10.2. The number of rotatable bonds is 5. The summed E-state index contributed by atoms with van der Waals surface area (Å²) in [5.41, 5.74) is 1.81. The molecule has 0 spiro atoms. The monoisotopic (exact) mass is 274 g/mol. The molecule has 2 aromatic rings. The Kier molecular flexibility index (Phi) is 4.69. The van der Waals surface area contributed by atoms with E-state index in [4.69, 9.17) is 4.74 Å². The van der Waals surface area contributed by atoms with Crippen LogP contribution in [0.1, 0.15) is 25.0 Å². The van der Waals surface area contributed by atoms with Crippen molar-refractivity contribution >= 4 is 0 Å². The van der Waals surface area contributed by atoms with Crippen LogP contribution in [0.2, 0.25) is 0 Å². The van der Waals surface area contributed by atoms with Crippen LogP contribution in [0, 0.1) is 12.7 Å². The molecule has 2 rings (SSSR count). The smallest absolute Gasteiger partial charge is 0.223 e. The second kappa shape index (κ2) is 6.48. The number of halogens is 1. The summed E-state index contributed by atoms with van der Waals surface area (Å²) in [5, 5.41) is 3.24. The Balaban J connectivity index is 2.21. The molecular formula is C16H19FN2O. The van der Waals surface area contributed by atoms with Crippen LogP contribution in [0.15, 0.2) is 36.5 Å². The van der Waals surface area contributed by atoms with E-state index >= 15 is 0 Å². The summed E-state index contributed by atoms with van der Waals surface area (Å²) in [4.78, 5) is 4.04. The Bertz CT molecular complexity index is 584. The first-order valence-corrected chi connectivity index (χ1v) is 6.67. The van der Waals surface area contributed by atoms with E-state index in [9.17, 15) is 4.39 Å². The van der Waals surface area contributed by atoms with E-state index in [1.165, 1.54) is 12.3 Å². The van der Waals surface area contributed by atoms with E-state index in [0.717, 1.165) is 5.56 Å². The molecule has 0 saturated heterocycles. The fourth-order valence-corrected chi connectivity index (χ4v) is 1.79. The topological polar surface area (TPSA) is 34.1 Å². The molecule has 0 unspecified atom stereocenters. The molecule has 1 aromatic carbocycles. The van der Waals surface area contributed by atoms with Gasteiger partial charge in [-0.05, 0) is 30.7 Å². The molecule has 0 fully saturated rings. The number of nitrogens with one attached hydrogen (secondary N) is 1. The fourth-order valence-electron chi connectivity index (χ4n) is 1.79. The highest BCUT2D eigenvalue weighted by Gasteiger charge is 2.09. The second-order valence-corrected chi connectivity index (χ2v) is 5.07. The predicted octanol–water partition coefficient (Wildman–Crippen LogP) is 3.82. The van der Waals surface area contributed by atoms with Crippen LogP contribution in [0.3, 0.4) is 0 Å². The summed E-state index contributed by atoms with van der Waals surface area (Å²) >= 11 is 0. The zero-order valence-corrected chi connectivity index (χ0v) is 12.0. The predicted molar refractivity (Wildman–Crippen MR) is 77.4 cm³/mol. The molecule has 0 radical (unpaired) electrons. The van der Waals surface area contributed by atoms with E-state index in [-0.39, 0.29) is 5.82 Å². The van der Waals surface area contributed by atoms with Crippen LogP contribution in [0.4, 0.5) is 4.39 Å². The molecule has 0 amide bonds. The van der Waals surface area contributed by atoms with Crippen LogP contribution >= 0.6 is 0 Å². The van der Waals surface area contributed by atoms with E-state index in [1.807, 2.05) is 45.0 Å². The van der Waals surface area contributed by atoms with E-state index in [1.54, 1.807) is 0 Å². The number of nitrogens with zero attached hydrogens (tertiary/aromatic N) is 1. The van der Waals surface area contributed by atoms with Crippen molar-refractivity contribution in [1.82, 2.24) is 10.3 Å². The number of pyridine rings is 1. The summed E-state index contributed by atoms with van der Waals surface area (Å²) in [7, 11) is 0. The molecule has 0 bridgehead atoms. The summed E-state index contributed by atoms with van der Waals surface area (Å²) in [6, 6.07) is 9.45. The standard InChI is InChI=1S/C16H19FN2O/c1-11(2)18-9-13-8-14(17)10-19-16(13)20-15-6-4-5-12(3)7-15/h4-8,10-11,18H,9H2,1-3H3. The molecule has 0 atom stereocenters. The first-order valence-electron chi connectivity index (χ1n) is 6.67. The molecule has 1 heterocycles. The van der Waals surface area contributed by atoms with Crippen molar-refractivity contribution in [3.8, 4) is 11.6 Å². The normalized spacial score (nSPS) is 10.8. The minimum atomic E-state index is -0.359. The highest BCUT2D eigenvalue weighted by atomic mass is 19.1. The van der Waals surface area contributed by atoms with Crippen LogP contribution in [-0.2, 0) is 6.54 Å². The van der Waals surface area contributed by atoms with Gasteiger partial charge in [0.25, 0.3) is 0 Å². The molecule has 3 nitrogen and oxygen atoms in total. The van der Waals surface area contributed by atoms with Gasteiger partial charge in [-0.2, -0.15) is 0 Å². The summed E-state index contributed by atoms with van der Waals surface area (Å²) < 4.78 is 19.1. The highest BCUT2D eigenvalue weighted by Crippen LogP contribution is 2.24. The second-order valence-electron chi connectivity index (χ2n) is 5.07. The maximum absolute atomic E-state index is 13.3. The maximum atomic E-state index is 13.3. The fraction of sp³-hybridized carbons (Fsp3) is 0.312. The van der Waals surface area contributed by atoms with E-state index in [2.05, 4.69) is 10.3 Å². The van der Waals surface area contributed by atoms with Crippen molar-refractivity contribution < 1.29 is 9.13 Å². The largest absolute Gasteiger partial charge is 0.439 e. The Morgan fingerprint density at radius 3 is 2.80 bits per heavy atom. The van der Waals surface area contributed by atoms with Crippen LogP contribution in [-0.4, -0.2) is 11.0 Å². The van der Waals surface area contributed by atoms with Crippen molar-refractivity contribution in [2.75, 3.05) is 0 Å². The molecule has 20 heavy (non-hydrogen) atoms. The Labute approximate surface area is 118 Å². The molecule has 106 valence electrons. The lowest BCUT2D eigenvalue weighted by Crippen LogP contribution is -2.22. The van der Waals surface area contributed by atoms with Gasteiger partial charge >= 0.3 is 0 Å². The van der Waals surface area contributed by atoms with Gasteiger partial charge in [-0.1, -0.05) is 26.0 Å². The third-order valence-corrected chi connectivity index (χ3v) is 2.80. The minimum Gasteiger partial charge on any atom is -0.439 e. The summed E-state index contributed by atoms with van der Waals surface area (Å²) in [6.07, 6.45) is 1.17. The molecular weight excluding hydrogens is 255 g/mol. The number of aryl methyl sites for hydroxylation is 1. The third-order valence-electron chi connectivity index (χ3n) is 2.80. The first kappa shape index (κ1) is 14.5. The molecule has 4 heteroatoms. The lowest BCUT2D eigenvalue weighted by Gasteiger charge is -2.13. The molecule has 0 aliphatic carbocycles. The zero-order valence-electron chi connectivity index (χ0n) is 12.0. The Morgan fingerprint density at radius 1 is 1.30 bits per heavy atom. The summed E-state index contributed by atoms with van der Waals surface area (Å²) in [6.45, 7) is 6.58. The van der Waals surface area contributed by atoms with Gasteiger partial charge in [0.05, 0.1) is 6.20 Å². The van der Waals surface area contributed by atoms with Gasteiger partial charge in [0.1, 0.15) is 11.6 Å². The molecule has 1 aromatic heterocycles. The highest BCUT2D eigenvalue weighted by molar-refractivity contribution is 5.34. The van der Waals surface area contributed by atoms with Crippen LogP contribution in [0.5, 0.6) is 11.6 Å². The van der Waals surface area contributed by atoms with Gasteiger partial charge < -0.3 is 10.1 Å². The van der Waals surface area contributed by atoms with Crippen molar-refractivity contribution in [3.63, 3.8) is 0 Å². The summed E-state index contributed by atoms with van der Waals surface area (Å²) in [5.74, 6) is 0.780. The van der Waals surface area contributed by atoms with Gasteiger partial charge in [0.2, 0.25) is 5.88 Å². The Hall–Kier alpha value is -1.94. The zero-order chi connectivity index (χ0) is 14.5. The van der Waals surface area contributed by atoms with Crippen molar-refractivity contribution in [1.29, 1.82) is 0 Å². The van der Waals surface area contributed by atoms with Crippen molar-refractivity contribution in [2.24, 2.45) is 0 Å². The minimum absolute atomic E-state index is 0.310. The van der Waals surface area contributed by atoms with Crippen molar-refractivity contribution in [3.05, 3.63) is 53.5 Å². The molecule has 0 aliphatic heterocycles. The number of ether oxygens (including phenoxy) is 1. The van der Waals surface area contributed by atoms with Gasteiger partial charge in [-0.15, -0.1) is 0 Å². The van der Waals surface area contributed by atoms with E-state index in [0.29, 0.717) is 29.8 Å². The van der Waals surface area contributed by atoms with Crippen molar-refractivity contribution in [2.45, 2.75) is 33.4 Å². The Morgan fingerprint density at radius 2 is 2.10 bits per heavy atom. The van der Waals surface area contributed by atoms with Crippen LogP contribution in [0.25, 0.3) is 0 Å². The number of hydrogen-bond acceptors (Lipinski definition) is 3. The molecule has 0 aliphatic rings. The molecule has 1 N–H and O–H groups in total. The SMILES string of the molecule is Cc1cccc(Oc2ncc(F)cc2CNC(C)C)c1. The molecule has 0 saturated carbocycles. The number of benzene rings is 1.